The van der Waals surface area contributed by atoms with Gasteiger partial charge in [0.05, 0.1) is 17.2 Å². The number of hydrogen-bond acceptors (Lipinski definition) is 3. The first-order valence-corrected chi connectivity index (χ1v) is 6.55. The zero-order valence-corrected chi connectivity index (χ0v) is 12.2. The third kappa shape index (κ3) is 3.12. The molecule has 0 saturated carbocycles. The third-order valence-corrected chi connectivity index (χ3v) is 3.36. The monoisotopic (exact) mass is 301 g/mol. The quantitative estimate of drug-likeness (QED) is 0.781. The molecule has 0 aliphatic carbocycles. The van der Waals surface area contributed by atoms with Gasteiger partial charge in [-0.2, -0.15) is 0 Å². The molecule has 0 spiro atoms. The lowest BCUT2D eigenvalue weighted by molar-refractivity contribution is 0.969. The summed E-state index contributed by atoms with van der Waals surface area (Å²) in [6.45, 7) is 0.649. The van der Waals surface area contributed by atoms with Crippen LogP contribution in [-0.4, -0.2) is 16.5 Å². The molecule has 0 aliphatic rings. The van der Waals surface area contributed by atoms with Crippen molar-refractivity contribution < 1.29 is 0 Å². The molecule has 0 amide bonds. The number of nitrogens with one attached hydrogen (secondary N) is 1. The predicted molar refractivity (Wildman–Crippen MR) is 87.8 cm³/mol. The smallest absolute Gasteiger partial charge is 0.258 e. The second-order valence-corrected chi connectivity index (χ2v) is 4.70. The van der Waals surface area contributed by atoms with Crippen LogP contribution < -0.4 is 11.3 Å². The molecule has 3 N–H and O–H groups in total. The number of hydrogen-bond donors (Lipinski definition) is 2. The molecule has 3 rings (SSSR count). The molecule has 0 atom stereocenters. The standard InChI is InChI=1S/C16H15N3O.ClH/c17-8-7-11-1-3-12(4-2-11)13-5-6-15-14(9-13)16(20)19-10-18-15;/h1-6,9-10H,7-8,17H2,(H,18,19,20);1H. The summed E-state index contributed by atoms with van der Waals surface area (Å²) >= 11 is 0. The maximum absolute atomic E-state index is 11.8. The number of benzene rings is 2. The Labute approximate surface area is 128 Å². The van der Waals surface area contributed by atoms with Gasteiger partial charge in [-0.1, -0.05) is 30.3 Å². The molecule has 0 radical (unpaired) electrons. The highest BCUT2D eigenvalue weighted by Gasteiger charge is 2.03. The normalized spacial score (nSPS) is 10.3. The van der Waals surface area contributed by atoms with E-state index in [1.54, 1.807) is 0 Å². The lowest BCUT2D eigenvalue weighted by Crippen LogP contribution is -2.06. The molecule has 21 heavy (non-hydrogen) atoms. The SMILES string of the molecule is Cl.NCCc1ccc(-c2ccc3nc[nH]c(=O)c3c2)cc1. The van der Waals surface area contributed by atoms with Crippen LogP contribution in [-0.2, 0) is 6.42 Å². The number of nitrogens with two attached hydrogens (primary N) is 1. The lowest BCUT2D eigenvalue weighted by atomic mass is 10.0. The van der Waals surface area contributed by atoms with Gasteiger partial charge in [-0.05, 0) is 41.8 Å². The average molecular weight is 302 g/mol. The van der Waals surface area contributed by atoms with E-state index in [9.17, 15) is 4.79 Å². The van der Waals surface area contributed by atoms with E-state index in [1.165, 1.54) is 11.9 Å². The molecule has 0 bridgehead atoms. The van der Waals surface area contributed by atoms with Gasteiger partial charge < -0.3 is 10.7 Å². The minimum atomic E-state index is -0.114. The molecule has 0 saturated heterocycles. The number of halogens is 1. The molecule has 1 heterocycles. The van der Waals surface area contributed by atoms with E-state index in [1.807, 2.05) is 18.2 Å². The number of fused-ring (bicyclic) bond motifs is 1. The fraction of sp³-hybridized carbons (Fsp3) is 0.125. The van der Waals surface area contributed by atoms with Gasteiger partial charge in [0, 0.05) is 0 Å². The minimum absolute atomic E-state index is 0. The van der Waals surface area contributed by atoms with Crippen molar-refractivity contribution in [3.8, 4) is 11.1 Å². The van der Waals surface area contributed by atoms with E-state index in [4.69, 9.17) is 5.73 Å². The maximum Gasteiger partial charge on any atom is 0.258 e. The summed E-state index contributed by atoms with van der Waals surface area (Å²) in [7, 11) is 0. The Morgan fingerprint density at radius 3 is 2.48 bits per heavy atom. The van der Waals surface area contributed by atoms with Crippen molar-refractivity contribution in [1.82, 2.24) is 9.97 Å². The molecular weight excluding hydrogens is 286 g/mol. The van der Waals surface area contributed by atoms with Crippen LogP contribution in [0.2, 0.25) is 0 Å². The van der Waals surface area contributed by atoms with Crippen molar-refractivity contribution in [3.63, 3.8) is 0 Å². The van der Waals surface area contributed by atoms with Crippen LogP contribution in [0.25, 0.3) is 22.0 Å². The minimum Gasteiger partial charge on any atom is -0.330 e. The first kappa shape index (κ1) is 15.2. The Hall–Kier alpha value is -2.17. The van der Waals surface area contributed by atoms with E-state index in [2.05, 4.69) is 34.2 Å². The molecule has 0 aliphatic heterocycles. The molecule has 3 aromatic rings. The first-order chi connectivity index (χ1) is 9.78. The summed E-state index contributed by atoms with van der Waals surface area (Å²) < 4.78 is 0. The van der Waals surface area contributed by atoms with Crippen molar-refractivity contribution in [1.29, 1.82) is 0 Å². The number of aromatic nitrogens is 2. The van der Waals surface area contributed by atoms with E-state index >= 15 is 0 Å². The Morgan fingerprint density at radius 1 is 1.05 bits per heavy atom. The summed E-state index contributed by atoms with van der Waals surface area (Å²) in [4.78, 5) is 18.5. The van der Waals surface area contributed by atoms with Crippen LogP contribution in [0.4, 0.5) is 0 Å². The molecule has 2 aromatic carbocycles. The van der Waals surface area contributed by atoms with Crippen molar-refractivity contribution in [2.24, 2.45) is 5.73 Å². The molecule has 1 aromatic heterocycles. The topological polar surface area (TPSA) is 71.8 Å². The van der Waals surface area contributed by atoms with Gasteiger partial charge in [0.15, 0.2) is 0 Å². The zero-order chi connectivity index (χ0) is 13.9. The third-order valence-electron chi connectivity index (χ3n) is 3.36. The Balaban J connectivity index is 0.00000161. The second kappa shape index (κ2) is 6.52. The van der Waals surface area contributed by atoms with Gasteiger partial charge in [0.1, 0.15) is 0 Å². The second-order valence-electron chi connectivity index (χ2n) is 4.70. The van der Waals surface area contributed by atoms with Crippen LogP contribution in [0.3, 0.4) is 0 Å². The van der Waals surface area contributed by atoms with E-state index in [0.29, 0.717) is 17.4 Å². The van der Waals surface area contributed by atoms with Crippen LogP contribution in [0.1, 0.15) is 5.56 Å². The van der Waals surface area contributed by atoms with E-state index in [-0.39, 0.29) is 18.0 Å². The highest BCUT2D eigenvalue weighted by Crippen LogP contribution is 2.22. The Morgan fingerprint density at radius 2 is 1.76 bits per heavy atom. The molecule has 0 unspecified atom stereocenters. The van der Waals surface area contributed by atoms with Crippen LogP contribution >= 0.6 is 12.4 Å². The van der Waals surface area contributed by atoms with Crippen molar-refractivity contribution in [2.75, 3.05) is 6.54 Å². The fourth-order valence-corrected chi connectivity index (χ4v) is 2.28. The predicted octanol–water partition coefficient (Wildman–Crippen LogP) is 2.51. The van der Waals surface area contributed by atoms with Crippen molar-refractivity contribution in [3.05, 3.63) is 64.7 Å². The molecule has 108 valence electrons. The molecule has 4 nitrogen and oxygen atoms in total. The Bertz CT molecular complexity index is 796. The zero-order valence-electron chi connectivity index (χ0n) is 11.4. The van der Waals surface area contributed by atoms with Gasteiger partial charge in [0.2, 0.25) is 0 Å². The van der Waals surface area contributed by atoms with Gasteiger partial charge >= 0.3 is 0 Å². The van der Waals surface area contributed by atoms with E-state index < -0.39 is 0 Å². The highest BCUT2D eigenvalue weighted by molar-refractivity contribution is 5.85. The number of nitrogens with zero attached hydrogens (tertiary/aromatic N) is 1. The van der Waals surface area contributed by atoms with Crippen molar-refractivity contribution in [2.45, 2.75) is 6.42 Å². The summed E-state index contributed by atoms with van der Waals surface area (Å²) in [5, 5.41) is 0.607. The summed E-state index contributed by atoms with van der Waals surface area (Å²) in [5.41, 5.74) is 9.44. The highest BCUT2D eigenvalue weighted by atomic mass is 35.5. The first-order valence-electron chi connectivity index (χ1n) is 6.55. The van der Waals surface area contributed by atoms with Gasteiger partial charge in [-0.25, -0.2) is 4.98 Å². The average Bonchev–Trinajstić information content (AvgIpc) is 2.49. The largest absolute Gasteiger partial charge is 0.330 e. The molecule has 0 fully saturated rings. The van der Waals surface area contributed by atoms with Gasteiger partial charge in [-0.15, -0.1) is 12.4 Å². The van der Waals surface area contributed by atoms with Crippen LogP contribution in [0, 0.1) is 0 Å². The molecular formula is C16H16ClN3O. The maximum atomic E-state index is 11.8. The number of H-pyrrole nitrogens is 1. The lowest BCUT2D eigenvalue weighted by Gasteiger charge is -2.05. The van der Waals surface area contributed by atoms with Crippen LogP contribution in [0.15, 0.2) is 53.6 Å². The van der Waals surface area contributed by atoms with E-state index in [0.717, 1.165) is 17.5 Å². The van der Waals surface area contributed by atoms with Gasteiger partial charge in [-0.3, -0.25) is 4.79 Å². The van der Waals surface area contributed by atoms with Gasteiger partial charge in [0.25, 0.3) is 5.56 Å². The summed E-state index contributed by atoms with van der Waals surface area (Å²) in [6.07, 6.45) is 2.30. The summed E-state index contributed by atoms with van der Waals surface area (Å²) in [6, 6.07) is 14.0. The van der Waals surface area contributed by atoms with Crippen LogP contribution in [0.5, 0.6) is 0 Å². The fourth-order valence-electron chi connectivity index (χ4n) is 2.28. The Kier molecular flexibility index (Phi) is 4.73. The molecule has 5 heteroatoms. The summed E-state index contributed by atoms with van der Waals surface area (Å²) in [5.74, 6) is 0. The number of rotatable bonds is 3. The number of aromatic amines is 1. The van der Waals surface area contributed by atoms with Crippen molar-refractivity contribution >= 4 is 23.3 Å².